The topological polar surface area (TPSA) is 104 Å². The van der Waals surface area contributed by atoms with Crippen LogP contribution in [0, 0.1) is 0 Å². The van der Waals surface area contributed by atoms with Gasteiger partial charge >= 0.3 is 0 Å². The van der Waals surface area contributed by atoms with Crippen LogP contribution < -0.4 is 17.1 Å². The SMILES string of the molecule is CC[n+]1ccc(-c2cccc(S(=O)(=O)O)c2)o1.C[N+](C)=CCl.[Cl-].[OH-]. The molecule has 1 aromatic carbocycles. The van der Waals surface area contributed by atoms with Gasteiger partial charge in [0.1, 0.15) is 14.1 Å². The number of aromatic nitrogens is 1. The van der Waals surface area contributed by atoms with Gasteiger partial charge < -0.3 is 17.9 Å². The predicted octanol–water partition coefficient (Wildman–Crippen LogP) is -1.15. The zero-order valence-electron chi connectivity index (χ0n) is 13.4. The monoisotopic (exact) mass is 398 g/mol. The molecule has 0 saturated carbocycles. The predicted molar refractivity (Wildman–Crippen MR) is 85.8 cm³/mol. The average Bonchev–Trinajstić information content (AvgIpc) is 2.96. The quantitative estimate of drug-likeness (QED) is 0.399. The van der Waals surface area contributed by atoms with E-state index in [4.69, 9.17) is 20.7 Å². The molecule has 2 rings (SSSR count). The van der Waals surface area contributed by atoms with Crippen LogP contribution in [0.15, 0.2) is 45.9 Å². The average molecular weight is 399 g/mol. The van der Waals surface area contributed by atoms with Gasteiger partial charge in [-0.15, -0.1) is 0 Å². The van der Waals surface area contributed by atoms with Crippen LogP contribution in [0.1, 0.15) is 6.92 Å². The molecule has 1 aromatic heterocycles. The van der Waals surface area contributed by atoms with Gasteiger partial charge in [0.25, 0.3) is 10.1 Å². The van der Waals surface area contributed by atoms with Crippen LogP contribution in [0.4, 0.5) is 0 Å². The standard InChI is InChI=1S/C11H11NO4S.C3H7ClN.ClH.H2O/c1-2-12-7-6-11(16-12)9-4-3-5-10(8-9)17(13,14)15;1-5(2)3-4;;/h3-8H,2H2,1H3;3H,1-2H3;1H;1H2/q;+1;;/p-1. The number of aryl methyl sites for hydroxylation is 1. The summed E-state index contributed by atoms with van der Waals surface area (Å²) in [6.45, 7) is 2.62. The van der Waals surface area contributed by atoms with Gasteiger partial charge in [0.2, 0.25) is 17.6 Å². The van der Waals surface area contributed by atoms with E-state index in [-0.39, 0.29) is 22.8 Å². The van der Waals surface area contributed by atoms with Gasteiger partial charge in [-0.3, -0.25) is 4.55 Å². The first-order valence-electron chi connectivity index (χ1n) is 6.45. The molecule has 0 aliphatic rings. The summed E-state index contributed by atoms with van der Waals surface area (Å²) in [4.78, 5) is -0.144. The Morgan fingerprint density at radius 1 is 1.33 bits per heavy atom. The lowest BCUT2D eigenvalue weighted by Gasteiger charge is -1.98. The van der Waals surface area contributed by atoms with Crippen LogP contribution >= 0.6 is 11.6 Å². The summed E-state index contributed by atoms with van der Waals surface area (Å²) in [7, 11) is -0.444. The molecule has 0 bridgehead atoms. The lowest BCUT2D eigenvalue weighted by atomic mass is 10.2. The van der Waals surface area contributed by atoms with Gasteiger partial charge in [-0.05, 0) is 35.4 Å². The van der Waals surface area contributed by atoms with Gasteiger partial charge in [0.05, 0.1) is 11.0 Å². The van der Waals surface area contributed by atoms with E-state index in [1.165, 1.54) is 17.8 Å². The Morgan fingerprint density at radius 2 is 1.92 bits per heavy atom. The van der Waals surface area contributed by atoms with Gasteiger partial charge in [0.15, 0.2) is 6.54 Å². The third-order valence-corrected chi connectivity index (χ3v) is 3.77. The van der Waals surface area contributed by atoms with Crippen molar-refractivity contribution in [2.45, 2.75) is 18.4 Å². The van der Waals surface area contributed by atoms with Crippen LogP contribution in [0.2, 0.25) is 0 Å². The minimum absolute atomic E-state index is 0. The largest absolute Gasteiger partial charge is 1.00 e. The van der Waals surface area contributed by atoms with Crippen molar-refractivity contribution in [3.8, 4) is 11.3 Å². The van der Waals surface area contributed by atoms with Gasteiger partial charge in [-0.1, -0.05) is 12.1 Å². The number of nitrogens with zero attached hydrogens (tertiary/aromatic N) is 2. The molecule has 24 heavy (non-hydrogen) atoms. The fourth-order valence-corrected chi connectivity index (χ4v) is 1.99. The zero-order valence-corrected chi connectivity index (χ0v) is 15.8. The Balaban J connectivity index is 0. The first-order valence-corrected chi connectivity index (χ1v) is 8.33. The van der Waals surface area contributed by atoms with E-state index in [1.54, 1.807) is 33.7 Å². The normalized spacial score (nSPS) is 9.71. The van der Waals surface area contributed by atoms with E-state index in [9.17, 15) is 8.42 Å². The number of halogens is 2. The molecule has 2 N–H and O–H groups in total. The molecule has 0 aliphatic carbocycles. The first kappa shape index (κ1) is 24.8. The molecule has 0 amide bonds. The molecule has 0 spiro atoms. The van der Waals surface area contributed by atoms with Gasteiger partial charge in [-0.25, -0.2) is 9.10 Å². The molecular formula is C14H20Cl2N2O5S. The van der Waals surface area contributed by atoms with Crippen molar-refractivity contribution in [1.82, 2.24) is 0 Å². The number of hydrogen-bond acceptors (Lipinski definition) is 4. The summed E-state index contributed by atoms with van der Waals surface area (Å²) in [6, 6.07) is 7.71. The highest BCUT2D eigenvalue weighted by molar-refractivity contribution is 7.85. The van der Waals surface area contributed by atoms with Crippen molar-refractivity contribution >= 4 is 27.4 Å². The van der Waals surface area contributed by atoms with E-state index in [0.29, 0.717) is 17.9 Å². The summed E-state index contributed by atoms with van der Waals surface area (Å²) in [5.74, 6) is 0.553. The number of benzene rings is 1. The number of hydrogen-bond donors (Lipinski definition) is 1. The van der Waals surface area contributed by atoms with Crippen molar-refractivity contribution in [2.24, 2.45) is 0 Å². The van der Waals surface area contributed by atoms with Crippen molar-refractivity contribution in [3.05, 3.63) is 36.5 Å². The molecule has 10 heteroatoms. The Morgan fingerprint density at radius 3 is 2.33 bits per heavy atom. The first-order chi connectivity index (χ1) is 10.3. The van der Waals surface area contributed by atoms with Crippen LogP contribution in [0.5, 0.6) is 0 Å². The molecule has 0 fully saturated rings. The van der Waals surface area contributed by atoms with E-state index >= 15 is 0 Å². The summed E-state index contributed by atoms with van der Waals surface area (Å²) in [5.41, 5.74) is 2.08. The highest BCUT2D eigenvalue weighted by Gasteiger charge is 2.14. The Labute approximate surface area is 152 Å². The molecule has 0 radical (unpaired) electrons. The molecule has 0 unspecified atom stereocenters. The van der Waals surface area contributed by atoms with Gasteiger partial charge in [-0.2, -0.15) is 8.42 Å². The van der Waals surface area contributed by atoms with Crippen molar-refractivity contribution in [2.75, 3.05) is 14.1 Å². The lowest BCUT2D eigenvalue weighted by molar-refractivity contribution is -0.860. The minimum Gasteiger partial charge on any atom is -1.00 e. The molecular weight excluding hydrogens is 379 g/mol. The van der Waals surface area contributed by atoms with E-state index in [2.05, 4.69) is 0 Å². The van der Waals surface area contributed by atoms with Gasteiger partial charge in [0, 0.05) is 5.56 Å². The highest BCUT2D eigenvalue weighted by Crippen LogP contribution is 2.21. The third-order valence-electron chi connectivity index (χ3n) is 2.53. The van der Waals surface area contributed by atoms with E-state index in [0.717, 1.165) is 0 Å². The minimum atomic E-state index is -4.18. The fourth-order valence-electron chi connectivity index (χ4n) is 1.47. The highest BCUT2D eigenvalue weighted by atomic mass is 35.5. The van der Waals surface area contributed by atoms with E-state index < -0.39 is 10.1 Å². The smallest absolute Gasteiger partial charge is 0.294 e. The fraction of sp³-hybridized carbons (Fsp3) is 0.286. The van der Waals surface area contributed by atoms with Crippen LogP contribution in [0.25, 0.3) is 11.3 Å². The maximum atomic E-state index is 11.0. The number of rotatable bonds is 3. The molecule has 2 aromatic rings. The second-order valence-corrected chi connectivity index (χ2v) is 6.19. The lowest BCUT2D eigenvalue weighted by Crippen LogP contribution is -3.00. The molecule has 7 nitrogen and oxygen atoms in total. The second-order valence-electron chi connectivity index (χ2n) is 4.57. The van der Waals surface area contributed by atoms with Crippen LogP contribution in [0.3, 0.4) is 0 Å². The maximum absolute atomic E-state index is 11.0. The summed E-state index contributed by atoms with van der Waals surface area (Å²) in [5, 5.41) is 0. The molecule has 0 atom stereocenters. The maximum Gasteiger partial charge on any atom is 0.294 e. The van der Waals surface area contributed by atoms with Crippen molar-refractivity contribution in [3.63, 3.8) is 0 Å². The van der Waals surface area contributed by atoms with Crippen LogP contribution in [-0.2, 0) is 16.7 Å². The zero-order chi connectivity index (χ0) is 16.8. The third kappa shape index (κ3) is 7.89. The summed E-state index contributed by atoms with van der Waals surface area (Å²) < 4.78 is 39.8. The van der Waals surface area contributed by atoms with Crippen LogP contribution in [-0.4, -0.2) is 42.8 Å². The Kier molecular flexibility index (Phi) is 11.5. The molecule has 0 saturated heterocycles. The van der Waals surface area contributed by atoms with Crippen molar-refractivity contribution in [1.29, 1.82) is 0 Å². The Bertz CT molecular complexity index is 756. The van der Waals surface area contributed by atoms with Crippen molar-refractivity contribution < 1.29 is 44.7 Å². The summed E-state index contributed by atoms with van der Waals surface area (Å²) >= 11 is 5.14. The van der Waals surface area contributed by atoms with E-state index in [1.807, 2.05) is 21.0 Å². The Hall–Kier alpha value is -1.45. The molecule has 136 valence electrons. The second kappa shape index (κ2) is 11.2. The summed E-state index contributed by atoms with van der Waals surface area (Å²) in [6.07, 6.45) is 1.76. The molecule has 0 aliphatic heterocycles. The molecule has 1 heterocycles.